The summed E-state index contributed by atoms with van der Waals surface area (Å²) in [4.78, 5) is 0. The molecule has 0 spiro atoms. The Morgan fingerprint density at radius 1 is 1.55 bits per heavy atom. The SMILES string of the molecule is CC1=CC[C@@H]([C+](C)C)C[C@@H]1O. The summed E-state index contributed by atoms with van der Waals surface area (Å²) in [6.07, 6.45) is 4.01. The zero-order valence-corrected chi connectivity index (χ0v) is 7.59. The molecule has 0 aromatic carbocycles. The number of allylic oxidation sites excluding steroid dienone is 1. The van der Waals surface area contributed by atoms with Crippen LogP contribution in [-0.4, -0.2) is 11.2 Å². The average molecular weight is 153 g/mol. The van der Waals surface area contributed by atoms with Gasteiger partial charge in [-0.1, -0.05) is 6.08 Å². The zero-order chi connectivity index (χ0) is 8.43. The lowest BCUT2D eigenvalue weighted by atomic mass is 9.81. The molecule has 1 heteroatoms. The maximum atomic E-state index is 9.52. The van der Waals surface area contributed by atoms with Crippen LogP contribution in [0, 0.1) is 11.8 Å². The number of aliphatic hydroxyl groups is 1. The molecule has 0 unspecified atom stereocenters. The Labute approximate surface area is 69.1 Å². The highest BCUT2D eigenvalue weighted by Gasteiger charge is 2.28. The Hall–Kier alpha value is -0.430. The van der Waals surface area contributed by atoms with E-state index in [4.69, 9.17) is 0 Å². The van der Waals surface area contributed by atoms with Gasteiger partial charge < -0.3 is 5.11 Å². The summed E-state index contributed by atoms with van der Waals surface area (Å²) in [5.74, 6) is 2.04. The van der Waals surface area contributed by atoms with Crippen LogP contribution in [0.4, 0.5) is 0 Å². The van der Waals surface area contributed by atoms with Crippen molar-refractivity contribution >= 4 is 0 Å². The number of aliphatic hydroxyl groups excluding tert-OH is 1. The molecule has 62 valence electrons. The van der Waals surface area contributed by atoms with Gasteiger partial charge in [-0.25, -0.2) is 0 Å². The van der Waals surface area contributed by atoms with E-state index >= 15 is 0 Å². The molecule has 1 rings (SSSR count). The molecule has 1 aliphatic carbocycles. The minimum absolute atomic E-state index is 0.191. The van der Waals surface area contributed by atoms with Gasteiger partial charge in [0.05, 0.1) is 25.9 Å². The molecule has 0 saturated heterocycles. The molecule has 0 amide bonds. The lowest BCUT2D eigenvalue weighted by Crippen LogP contribution is -2.21. The van der Waals surface area contributed by atoms with E-state index in [2.05, 4.69) is 19.9 Å². The smallest absolute Gasteiger partial charge is 0.106 e. The van der Waals surface area contributed by atoms with Crippen molar-refractivity contribution in [2.45, 2.75) is 39.7 Å². The molecule has 0 saturated carbocycles. The van der Waals surface area contributed by atoms with E-state index in [9.17, 15) is 5.11 Å². The maximum absolute atomic E-state index is 9.52. The van der Waals surface area contributed by atoms with Crippen LogP contribution in [0.2, 0.25) is 0 Å². The molecule has 0 aliphatic heterocycles. The Balaban J connectivity index is 2.55. The molecule has 1 aliphatic rings. The number of hydrogen-bond donors (Lipinski definition) is 1. The van der Waals surface area contributed by atoms with Crippen molar-refractivity contribution in [2.24, 2.45) is 5.92 Å². The highest BCUT2D eigenvalue weighted by atomic mass is 16.3. The van der Waals surface area contributed by atoms with E-state index in [1.54, 1.807) is 0 Å². The predicted molar refractivity (Wildman–Crippen MR) is 47.1 cm³/mol. The van der Waals surface area contributed by atoms with Crippen molar-refractivity contribution < 1.29 is 5.11 Å². The minimum Gasteiger partial charge on any atom is -0.389 e. The first-order valence-corrected chi connectivity index (χ1v) is 4.26. The highest BCUT2D eigenvalue weighted by Crippen LogP contribution is 2.29. The fraction of sp³-hybridized carbons (Fsp3) is 0.700. The largest absolute Gasteiger partial charge is 0.389 e. The molecule has 0 bridgehead atoms. The van der Waals surface area contributed by atoms with E-state index in [1.165, 1.54) is 5.92 Å². The van der Waals surface area contributed by atoms with Gasteiger partial charge in [0.25, 0.3) is 0 Å². The van der Waals surface area contributed by atoms with Crippen molar-refractivity contribution in [3.63, 3.8) is 0 Å². The summed E-state index contributed by atoms with van der Waals surface area (Å²) in [7, 11) is 0. The summed E-state index contributed by atoms with van der Waals surface area (Å²) in [6.45, 7) is 6.30. The van der Waals surface area contributed by atoms with Crippen molar-refractivity contribution in [2.75, 3.05) is 0 Å². The molecule has 0 aromatic rings. The molecule has 0 radical (unpaired) electrons. The quantitative estimate of drug-likeness (QED) is 0.453. The van der Waals surface area contributed by atoms with Gasteiger partial charge in [-0.05, 0) is 12.5 Å². The maximum Gasteiger partial charge on any atom is 0.106 e. The Morgan fingerprint density at radius 2 is 2.18 bits per heavy atom. The van der Waals surface area contributed by atoms with Crippen LogP contribution >= 0.6 is 0 Å². The van der Waals surface area contributed by atoms with Crippen LogP contribution in [0.5, 0.6) is 0 Å². The third-order valence-electron chi connectivity index (χ3n) is 2.57. The lowest BCUT2D eigenvalue weighted by Gasteiger charge is -2.21. The molecule has 0 aromatic heterocycles. The Kier molecular flexibility index (Phi) is 2.61. The second-order valence-corrected chi connectivity index (χ2v) is 3.71. The van der Waals surface area contributed by atoms with Gasteiger partial charge in [-0.2, -0.15) is 0 Å². The third-order valence-corrected chi connectivity index (χ3v) is 2.57. The van der Waals surface area contributed by atoms with E-state index in [-0.39, 0.29) is 6.10 Å². The van der Waals surface area contributed by atoms with Gasteiger partial charge in [-0.15, -0.1) is 0 Å². The molecule has 1 nitrogen and oxygen atoms in total. The number of hydrogen-bond acceptors (Lipinski definition) is 1. The Bertz CT molecular complexity index is 158. The van der Waals surface area contributed by atoms with E-state index < -0.39 is 0 Å². The van der Waals surface area contributed by atoms with Crippen molar-refractivity contribution in [3.8, 4) is 0 Å². The first kappa shape index (κ1) is 8.66. The van der Waals surface area contributed by atoms with Gasteiger partial charge >= 0.3 is 0 Å². The molecule has 0 heterocycles. The summed E-state index contributed by atoms with van der Waals surface area (Å²) in [5.41, 5.74) is 1.14. The van der Waals surface area contributed by atoms with Crippen LogP contribution < -0.4 is 0 Å². The fourth-order valence-electron chi connectivity index (χ4n) is 1.49. The van der Waals surface area contributed by atoms with Crippen molar-refractivity contribution in [3.05, 3.63) is 17.6 Å². The van der Waals surface area contributed by atoms with Crippen molar-refractivity contribution in [1.82, 2.24) is 0 Å². The lowest BCUT2D eigenvalue weighted by molar-refractivity contribution is 0.169. The molecular formula is C10H17O+. The summed E-state index contributed by atoms with van der Waals surface area (Å²) >= 11 is 0. The monoisotopic (exact) mass is 153 g/mol. The predicted octanol–water partition coefficient (Wildman–Crippen LogP) is 2.32. The van der Waals surface area contributed by atoms with Crippen LogP contribution in [0.25, 0.3) is 0 Å². The highest BCUT2D eigenvalue weighted by molar-refractivity contribution is 5.12. The van der Waals surface area contributed by atoms with Crippen LogP contribution in [0.3, 0.4) is 0 Å². The minimum atomic E-state index is -0.191. The van der Waals surface area contributed by atoms with Gasteiger partial charge in [0.15, 0.2) is 0 Å². The van der Waals surface area contributed by atoms with Crippen LogP contribution in [-0.2, 0) is 0 Å². The topological polar surface area (TPSA) is 20.2 Å². The van der Waals surface area contributed by atoms with E-state index in [1.807, 2.05) is 6.92 Å². The van der Waals surface area contributed by atoms with Crippen molar-refractivity contribution in [1.29, 1.82) is 0 Å². The molecular weight excluding hydrogens is 136 g/mol. The molecule has 11 heavy (non-hydrogen) atoms. The van der Waals surface area contributed by atoms with Gasteiger partial charge in [0.2, 0.25) is 0 Å². The molecule has 1 N–H and O–H groups in total. The van der Waals surface area contributed by atoms with Crippen LogP contribution in [0.1, 0.15) is 33.6 Å². The third kappa shape index (κ3) is 2.00. The average Bonchev–Trinajstić information content (AvgIpc) is 1.94. The molecule has 2 atom stereocenters. The standard InChI is InChI=1S/C10H17O/c1-7(2)9-5-4-8(3)10(11)6-9/h4,9-11H,5-6H2,1-3H3/q+1/t9-,10+/m1/s1. The van der Waals surface area contributed by atoms with E-state index in [0.717, 1.165) is 18.4 Å². The summed E-state index contributed by atoms with van der Waals surface area (Å²) < 4.78 is 0. The van der Waals surface area contributed by atoms with E-state index in [0.29, 0.717) is 5.92 Å². The first-order valence-electron chi connectivity index (χ1n) is 4.26. The van der Waals surface area contributed by atoms with Gasteiger partial charge in [0.1, 0.15) is 5.92 Å². The zero-order valence-electron chi connectivity index (χ0n) is 7.59. The first-order chi connectivity index (χ1) is 5.11. The fourth-order valence-corrected chi connectivity index (χ4v) is 1.49. The number of rotatable bonds is 1. The van der Waals surface area contributed by atoms with Crippen LogP contribution in [0.15, 0.2) is 11.6 Å². The second-order valence-electron chi connectivity index (χ2n) is 3.71. The summed E-state index contributed by atoms with van der Waals surface area (Å²) in [6, 6.07) is 0. The summed E-state index contributed by atoms with van der Waals surface area (Å²) in [5, 5.41) is 9.52. The van der Waals surface area contributed by atoms with Gasteiger partial charge in [-0.3, -0.25) is 0 Å². The Morgan fingerprint density at radius 3 is 2.64 bits per heavy atom. The second kappa shape index (κ2) is 3.31. The normalized spacial score (nSPS) is 31.5. The molecule has 0 fully saturated rings. The van der Waals surface area contributed by atoms with Gasteiger partial charge in [0, 0.05) is 12.8 Å².